The fourth-order valence-corrected chi connectivity index (χ4v) is 2.48. The summed E-state index contributed by atoms with van der Waals surface area (Å²) in [4.78, 5) is 23.3. The second-order valence-electron chi connectivity index (χ2n) is 6.28. The van der Waals surface area contributed by atoms with Crippen molar-refractivity contribution < 1.29 is 23.5 Å². The third-order valence-corrected chi connectivity index (χ3v) is 3.64. The van der Waals surface area contributed by atoms with Crippen molar-refractivity contribution in [3.8, 4) is 0 Å². The Hall–Kier alpha value is -1.99. The van der Waals surface area contributed by atoms with Gasteiger partial charge in [0.2, 0.25) is 6.43 Å². The molecule has 0 spiro atoms. The summed E-state index contributed by atoms with van der Waals surface area (Å²) in [7, 11) is 0. The number of carboxylic acids is 1. The van der Waals surface area contributed by atoms with Crippen LogP contribution >= 0.6 is 0 Å². The second-order valence-corrected chi connectivity index (χ2v) is 6.28. The number of halogens is 2. The highest BCUT2D eigenvalue weighted by atomic mass is 19.3. The van der Waals surface area contributed by atoms with Crippen LogP contribution in [-0.2, 0) is 11.3 Å². The smallest absolute Gasteiger partial charge is 0.326 e. The number of carbonyl (C=O) groups is 2. The molecule has 2 N–H and O–H groups in total. The van der Waals surface area contributed by atoms with Crippen molar-refractivity contribution >= 4 is 11.9 Å². The van der Waals surface area contributed by atoms with Crippen LogP contribution in [0.25, 0.3) is 0 Å². The number of carboxylic acid groups (broad SMARTS) is 1. The predicted molar refractivity (Wildman–Crippen MR) is 78.6 cm³/mol. The van der Waals surface area contributed by atoms with Gasteiger partial charge in [-0.15, -0.1) is 0 Å². The van der Waals surface area contributed by atoms with Crippen LogP contribution in [0.1, 0.15) is 55.1 Å². The first-order valence-corrected chi connectivity index (χ1v) is 7.67. The highest BCUT2D eigenvalue weighted by Crippen LogP contribution is 2.41. The van der Waals surface area contributed by atoms with Crippen LogP contribution in [0.4, 0.5) is 8.78 Å². The van der Waals surface area contributed by atoms with Gasteiger partial charge >= 0.3 is 5.97 Å². The number of alkyl halides is 2. The van der Waals surface area contributed by atoms with Crippen molar-refractivity contribution in [3.63, 3.8) is 0 Å². The van der Waals surface area contributed by atoms with Crippen molar-refractivity contribution in [1.82, 2.24) is 15.1 Å². The molecule has 6 nitrogen and oxygen atoms in total. The Bertz CT molecular complexity index is 583. The molecule has 1 unspecified atom stereocenters. The summed E-state index contributed by atoms with van der Waals surface area (Å²) in [5.41, 5.74) is 1.06. The Morgan fingerprint density at radius 1 is 1.43 bits per heavy atom. The average molecular weight is 329 g/mol. The number of amides is 1. The normalized spacial score (nSPS) is 15.9. The standard InChI is InChI=1S/C15H21F2N3O3/c1-8(2)7-20-13(9-3-4-9)10(6-18-20)14(21)19-11(15(22)23)5-12(16)17/h6,8-9,11-12H,3-5,7H2,1-2H3,(H,19,21)(H,22,23). The number of rotatable bonds is 8. The summed E-state index contributed by atoms with van der Waals surface area (Å²) < 4.78 is 26.6. The first-order chi connectivity index (χ1) is 10.8. The van der Waals surface area contributed by atoms with E-state index in [4.69, 9.17) is 5.11 Å². The van der Waals surface area contributed by atoms with Crippen molar-refractivity contribution in [3.05, 3.63) is 17.5 Å². The molecule has 1 fully saturated rings. The van der Waals surface area contributed by atoms with Crippen LogP contribution < -0.4 is 5.32 Å². The molecule has 8 heteroatoms. The zero-order valence-corrected chi connectivity index (χ0v) is 13.1. The SMILES string of the molecule is CC(C)Cn1ncc(C(=O)NC(CC(F)F)C(=O)O)c1C1CC1. The summed E-state index contributed by atoms with van der Waals surface area (Å²) in [6, 6.07) is -1.61. The highest BCUT2D eigenvalue weighted by Gasteiger charge is 2.34. The lowest BCUT2D eigenvalue weighted by atomic mass is 10.1. The lowest BCUT2D eigenvalue weighted by Crippen LogP contribution is -2.42. The number of hydrogen-bond donors (Lipinski definition) is 2. The Labute approximate surface area is 132 Å². The van der Waals surface area contributed by atoms with Gasteiger partial charge in [-0.1, -0.05) is 13.8 Å². The van der Waals surface area contributed by atoms with Gasteiger partial charge in [0.15, 0.2) is 0 Å². The molecule has 1 aliphatic carbocycles. The summed E-state index contributed by atoms with van der Waals surface area (Å²) in [5, 5.41) is 15.4. The molecule has 23 heavy (non-hydrogen) atoms. The van der Waals surface area contributed by atoms with Gasteiger partial charge in [0.05, 0.1) is 17.5 Å². The lowest BCUT2D eigenvalue weighted by Gasteiger charge is -2.15. The van der Waals surface area contributed by atoms with Crippen molar-refractivity contribution in [2.75, 3.05) is 0 Å². The molecule has 2 rings (SSSR count). The maximum atomic E-state index is 12.4. The summed E-state index contributed by atoms with van der Waals surface area (Å²) in [6.07, 6.45) is -0.428. The first kappa shape index (κ1) is 17.4. The van der Waals surface area contributed by atoms with E-state index in [1.165, 1.54) is 6.20 Å². The van der Waals surface area contributed by atoms with E-state index in [1.807, 2.05) is 13.8 Å². The molecule has 1 amide bonds. The number of aliphatic carboxylic acids is 1. The van der Waals surface area contributed by atoms with Crippen LogP contribution in [-0.4, -0.2) is 39.2 Å². The monoisotopic (exact) mass is 329 g/mol. The molecule has 1 aromatic rings. The van der Waals surface area contributed by atoms with Crippen molar-refractivity contribution in [1.29, 1.82) is 0 Å². The molecule has 0 bridgehead atoms. The molecule has 1 aromatic heterocycles. The molecular formula is C15H21F2N3O3. The third kappa shape index (κ3) is 4.49. The van der Waals surface area contributed by atoms with Gasteiger partial charge in [0.25, 0.3) is 5.91 Å². The lowest BCUT2D eigenvalue weighted by molar-refractivity contribution is -0.140. The largest absolute Gasteiger partial charge is 0.480 e. The molecule has 1 aliphatic rings. The minimum absolute atomic E-state index is 0.232. The van der Waals surface area contributed by atoms with Crippen LogP contribution in [0, 0.1) is 5.92 Å². The van der Waals surface area contributed by atoms with Crippen LogP contribution in [0.5, 0.6) is 0 Å². The Morgan fingerprint density at radius 2 is 2.09 bits per heavy atom. The van der Waals surface area contributed by atoms with E-state index in [0.717, 1.165) is 18.5 Å². The molecule has 0 saturated heterocycles. The highest BCUT2D eigenvalue weighted by molar-refractivity contribution is 5.97. The molecule has 128 valence electrons. The quantitative estimate of drug-likeness (QED) is 0.766. The zero-order chi connectivity index (χ0) is 17.1. The molecule has 0 aromatic carbocycles. The molecule has 0 aliphatic heterocycles. The average Bonchev–Trinajstić information content (AvgIpc) is 3.18. The van der Waals surface area contributed by atoms with Gasteiger partial charge in [0, 0.05) is 18.9 Å². The van der Waals surface area contributed by atoms with E-state index in [2.05, 4.69) is 10.4 Å². The van der Waals surface area contributed by atoms with Gasteiger partial charge in [-0.05, 0) is 18.8 Å². The van der Waals surface area contributed by atoms with Gasteiger partial charge in [-0.3, -0.25) is 9.48 Å². The fraction of sp³-hybridized carbons (Fsp3) is 0.667. The Kier molecular flexibility index (Phi) is 5.33. The molecular weight excluding hydrogens is 308 g/mol. The summed E-state index contributed by atoms with van der Waals surface area (Å²) in [5.74, 6) is -1.56. The second kappa shape index (κ2) is 7.06. The van der Waals surface area contributed by atoms with E-state index < -0.39 is 30.8 Å². The number of nitrogens with zero attached hydrogens (tertiary/aromatic N) is 2. The Morgan fingerprint density at radius 3 is 2.57 bits per heavy atom. The molecule has 1 atom stereocenters. The summed E-state index contributed by atoms with van der Waals surface area (Å²) in [6.45, 7) is 4.71. The number of nitrogens with one attached hydrogen (secondary N) is 1. The van der Waals surface area contributed by atoms with E-state index in [1.54, 1.807) is 4.68 Å². The Balaban J connectivity index is 2.18. The minimum Gasteiger partial charge on any atom is -0.480 e. The van der Waals surface area contributed by atoms with Crippen LogP contribution in [0.15, 0.2) is 6.20 Å². The van der Waals surface area contributed by atoms with Crippen molar-refractivity contribution in [2.24, 2.45) is 5.92 Å². The fourth-order valence-electron chi connectivity index (χ4n) is 2.48. The first-order valence-electron chi connectivity index (χ1n) is 7.67. The van der Waals surface area contributed by atoms with Gasteiger partial charge in [-0.2, -0.15) is 5.10 Å². The third-order valence-electron chi connectivity index (χ3n) is 3.64. The van der Waals surface area contributed by atoms with Crippen LogP contribution in [0.3, 0.4) is 0 Å². The van der Waals surface area contributed by atoms with Crippen molar-refractivity contribution in [2.45, 2.75) is 58.0 Å². The molecule has 0 radical (unpaired) electrons. The number of hydrogen-bond acceptors (Lipinski definition) is 3. The van der Waals surface area contributed by atoms with E-state index in [-0.39, 0.29) is 11.5 Å². The predicted octanol–water partition coefficient (Wildman–Crippen LogP) is 2.25. The molecule has 1 heterocycles. The van der Waals surface area contributed by atoms with E-state index in [0.29, 0.717) is 12.5 Å². The van der Waals surface area contributed by atoms with Gasteiger partial charge in [0.1, 0.15) is 6.04 Å². The minimum atomic E-state index is -2.80. The van der Waals surface area contributed by atoms with Gasteiger partial charge < -0.3 is 10.4 Å². The maximum Gasteiger partial charge on any atom is 0.326 e. The van der Waals surface area contributed by atoms with E-state index >= 15 is 0 Å². The molecule has 1 saturated carbocycles. The summed E-state index contributed by atoms with van der Waals surface area (Å²) >= 11 is 0. The van der Waals surface area contributed by atoms with Crippen LogP contribution in [0.2, 0.25) is 0 Å². The van der Waals surface area contributed by atoms with E-state index in [9.17, 15) is 18.4 Å². The topological polar surface area (TPSA) is 84.2 Å². The number of carbonyl (C=O) groups excluding carboxylic acids is 1. The van der Waals surface area contributed by atoms with Gasteiger partial charge in [-0.25, -0.2) is 13.6 Å². The zero-order valence-electron chi connectivity index (χ0n) is 13.1. The maximum absolute atomic E-state index is 12.4. The number of aromatic nitrogens is 2.